The van der Waals surface area contributed by atoms with E-state index in [1.165, 1.54) is 0 Å². The van der Waals surface area contributed by atoms with E-state index >= 15 is 0 Å². The van der Waals surface area contributed by atoms with Crippen LogP contribution in [-0.4, -0.2) is 21.9 Å². The third-order valence-electron chi connectivity index (χ3n) is 1.80. The second-order valence-electron chi connectivity index (χ2n) is 2.95. The summed E-state index contributed by atoms with van der Waals surface area (Å²) in [6.45, 7) is 2.90. The SMILES string of the molecule is CCC(Cl)CCNc1ncc(I)cn1. The average molecular weight is 326 g/mol. The molecule has 3 nitrogen and oxygen atoms in total. The molecule has 0 aliphatic rings. The lowest BCUT2D eigenvalue weighted by Crippen LogP contribution is -2.10. The molecule has 14 heavy (non-hydrogen) atoms. The van der Waals surface area contributed by atoms with E-state index < -0.39 is 0 Å². The Hall–Kier alpha value is -0.100. The largest absolute Gasteiger partial charge is 0.354 e. The Morgan fingerprint density at radius 1 is 1.50 bits per heavy atom. The topological polar surface area (TPSA) is 37.8 Å². The van der Waals surface area contributed by atoms with E-state index in [1.807, 2.05) is 0 Å². The molecule has 0 fully saturated rings. The number of alkyl halides is 1. The van der Waals surface area contributed by atoms with Crippen LogP contribution in [0.4, 0.5) is 5.95 Å². The van der Waals surface area contributed by atoms with Crippen LogP contribution in [0.3, 0.4) is 0 Å². The predicted molar refractivity (Wildman–Crippen MR) is 67.8 cm³/mol. The molecule has 1 aromatic rings. The lowest BCUT2D eigenvalue weighted by atomic mass is 10.2. The van der Waals surface area contributed by atoms with Crippen molar-refractivity contribution in [1.29, 1.82) is 0 Å². The summed E-state index contributed by atoms with van der Waals surface area (Å²) in [4.78, 5) is 8.26. The van der Waals surface area contributed by atoms with Gasteiger partial charge in [-0.2, -0.15) is 0 Å². The summed E-state index contributed by atoms with van der Waals surface area (Å²) in [6.07, 6.45) is 5.51. The van der Waals surface area contributed by atoms with Crippen LogP contribution in [0.1, 0.15) is 19.8 Å². The smallest absolute Gasteiger partial charge is 0.222 e. The van der Waals surface area contributed by atoms with Crippen molar-refractivity contribution in [3.63, 3.8) is 0 Å². The molecule has 78 valence electrons. The number of aromatic nitrogens is 2. The molecule has 5 heteroatoms. The molecular weight excluding hydrogens is 312 g/mol. The van der Waals surface area contributed by atoms with Gasteiger partial charge in [0.1, 0.15) is 0 Å². The number of nitrogens with one attached hydrogen (secondary N) is 1. The van der Waals surface area contributed by atoms with Gasteiger partial charge >= 0.3 is 0 Å². The molecule has 1 N–H and O–H groups in total. The third-order valence-corrected chi connectivity index (χ3v) is 2.89. The first kappa shape index (κ1) is 12.0. The van der Waals surface area contributed by atoms with Crippen molar-refractivity contribution in [2.45, 2.75) is 25.1 Å². The molecule has 0 bridgehead atoms. The van der Waals surface area contributed by atoms with Gasteiger partial charge < -0.3 is 5.32 Å². The maximum atomic E-state index is 5.97. The minimum atomic E-state index is 0.242. The summed E-state index contributed by atoms with van der Waals surface area (Å²) in [5.74, 6) is 0.672. The predicted octanol–water partition coefficient (Wildman–Crippen LogP) is 2.90. The Kier molecular flexibility index (Phi) is 5.47. The van der Waals surface area contributed by atoms with Gasteiger partial charge in [-0.1, -0.05) is 6.92 Å². The number of hydrogen-bond acceptors (Lipinski definition) is 3. The summed E-state index contributed by atoms with van der Waals surface area (Å²) in [5, 5.41) is 3.37. The zero-order valence-electron chi connectivity index (χ0n) is 8.00. The Bertz CT molecular complexity index is 265. The van der Waals surface area contributed by atoms with Crippen LogP contribution in [0.2, 0.25) is 0 Å². The van der Waals surface area contributed by atoms with Crippen LogP contribution in [0, 0.1) is 3.57 Å². The van der Waals surface area contributed by atoms with Gasteiger partial charge in [0.05, 0.1) is 0 Å². The lowest BCUT2D eigenvalue weighted by molar-refractivity contribution is 0.750. The summed E-state index contributed by atoms with van der Waals surface area (Å²) < 4.78 is 1.04. The molecule has 0 amide bonds. The van der Waals surface area contributed by atoms with Crippen LogP contribution in [-0.2, 0) is 0 Å². The van der Waals surface area contributed by atoms with Crippen molar-refractivity contribution in [3.8, 4) is 0 Å². The summed E-state index contributed by atoms with van der Waals surface area (Å²) >= 11 is 8.15. The van der Waals surface area contributed by atoms with Crippen LogP contribution in [0.5, 0.6) is 0 Å². The van der Waals surface area contributed by atoms with Crippen molar-refractivity contribution < 1.29 is 0 Å². The van der Waals surface area contributed by atoms with Crippen molar-refractivity contribution in [2.24, 2.45) is 0 Å². The Morgan fingerprint density at radius 3 is 2.71 bits per heavy atom. The summed E-state index contributed by atoms with van der Waals surface area (Å²) in [6, 6.07) is 0. The Labute approximate surface area is 103 Å². The molecule has 0 spiro atoms. The quantitative estimate of drug-likeness (QED) is 0.668. The van der Waals surface area contributed by atoms with Gasteiger partial charge in [0, 0.05) is 27.9 Å². The first-order chi connectivity index (χ1) is 6.72. The van der Waals surface area contributed by atoms with Gasteiger partial charge in [-0.3, -0.25) is 0 Å². The van der Waals surface area contributed by atoms with Gasteiger partial charge in [-0.25, -0.2) is 9.97 Å². The Balaban J connectivity index is 2.28. The molecule has 1 rings (SSSR count). The zero-order chi connectivity index (χ0) is 10.4. The summed E-state index contributed by atoms with van der Waals surface area (Å²) in [5.41, 5.74) is 0. The summed E-state index contributed by atoms with van der Waals surface area (Å²) in [7, 11) is 0. The van der Waals surface area contributed by atoms with Crippen molar-refractivity contribution >= 4 is 40.1 Å². The molecule has 0 aliphatic carbocycles. The van der Waals surface area contributed by atoms with E-state index in [0.29, 0.717) is 5.95 Å². The minimum absolute atomic E-state index is 0.242. The van der Waals surface area contributed by atoms with Crippen LogP contribution >= 0.6 is 34.2 Å². The number of rotatable bonds is 5. The zero-order valence-corrected chi connectivity index (χ0v) is 10.9. The van der Waals surface area contributed by atoms with E-state index in [0.717, 1.165) is 23.0 Å². The molecule has 0 aromatic carbocycles. The molecule has 1 aromatic heterocycles. The highest BCUT2D eigenvalue weighted by molar-refractivity contribution is 14.1. The van der Waals surface area contributed by atoms with Gasteiger partial charge in [-0.05, 0) is 35.4 Å². The van der Waals surface area contributed by atoms with Crippen molar-refractivity contribution in [3.05, 3.63) is 16.0 Å². The lowest BCUT2D eigenvalue weighted by Gasteiger charge is -2.07. The van der Waals surface area contributed by atoms with Gasteiger partial charge in [-0.15, -0.1) is 11.6 Å². The fourth-order valence-corrected chi connectivity index (χ4v) is 1.34. The first-order valence-electron chi connectivity index (χ1n) is 4.58. The first-order valence-corrected chi connectivity index (χ1v) is 6.09. The normalized spacial score (nSPS) is 12.5. The average Bonchev–Trinajstić information content (AvgIpc) is 2.21. The molecule has 1 heterocycles. The molecule has 0 radical (unpaired) electrons. The van der Waals surface area contributed by atoms with Gasteiger partial charge in [0.25, 0.3) is 0 Å². The van der Waals surface area contributed by atoms with E-state index in [-0.39, 0.29) is 5.38 Å². The van der Waals surface area contributed by atoms with Gasteiger partial charge in [0.2, 0.25) is 5.95 Å². The van der Waals surface area contributed by atoms with Crippen LogP contribution < -0.4 is 5.32 Å². The fourth-order valence-electron chi connectivity index (χ4n) is 0.948. The molecule has 0 aliphatic heterocycles. The molecule has 1 atom stereocenters. The number of anilines is 1. The van der Waals surface area contributed by atoms with Crippen LogP contribution in [0.25, 0.3) is 0 Å². The van der Waals surface area contributed by atoms with E-state index in [9.17, 15) is 0 Å². The second-order valence-corrected chi connectivity index (χ2v) is 4.81. The second kappa shape index (κ2) is 6.40. The standard InChI is InChI=1S/C9H13ClIN3/c1-2-7(10)3-4-12-9-13-5-8(11)6-14-9/h5-7H,2-4H2,1H3,(H,12,13,14). The van der Waals surface area contributed by atoms with Crippen LogP contribution in [0.15, 0.2) is 12.4 Å². The fraction of sp³-hybridized carbons (Fsp3) is 0.556. The number of nitrogens with zero attached hydrogens (tertiary/aromatic N) is 2. The van der Waals surface area contributed by atoms with E-state index in [2.05, 4.69) is 44.8 Å². The van der Waals surface area contributed by atoms with Gasteiger partial charge in [0.15, 0.2) is 0 Å². The molecule has 0 saturated heterocycles. The molecule has 0 saturated carbocycles. The minimum Gasteiger partial charge on any atom is -0.354 e. The Morgan fingerprint density at radius 2 is 2.14 bits per heavy atom. The highest BCUT2D eigenvalue weighted by Gasteiger charge is 2.01. The molecule has 1 unspecified atom stereocenters. The van der Waals surface area contributed by atoms with E-state index in [4.69, 9.17) is 11.6 Å². The van der Waals surface area contributed by atoms with Crippen molar-refractivity contribution in [1.82, 2.24) is 9.97 Å². The van der Waals surface area contributed by atoms with E-state index in [1.54, 1.807) is 12.4 Å². The monoisotopic (exact) mass is 325 g/mol. The molecular formula is C9H13ClIN3. The highest BCUT2D eigenvalue weighted by Crippen LogP contribution is 2.07. The maximum Gasteiger partial charge on any atom is 0.222 e. The van der Waals surface area contributed by atoms with Crippen molar-refractivity contribution in [2.75, 3.05) is 11.9 Å². The number of hydrogen-bond donors (Lipinski definition) is 1. The highest BCUT2D eigenvalue weighted by atomic mass is 127. The number of halogens is 2. The third kappa shape index (κ3) is 4.41. The maximum absolute atomic E-state index is 5.97.